The summed E-state index contributed by atoms with van der Waals surface area (Å²) in [5.74, 6) is 1.32. The quantitative estimate of drug-likeness (QED) is 0.714. The maximum absolute atomic E-state index is 11.9. The molecule has 0 saturated heterocycles. The summed E-state index contributed by atoms with van der Waals surface area (Å²) in [6.45, 7) is 7.57. The Morgan fingerprint density at radius 3 is 2.06 bits per heavy atom. The van der Waals surface area contributed by atoms with E-state index in [1.54, 1.807) is 12.1 Å². The third kappa shape index (κ3) is 4.20. The highest BCUT2D eigenvalue weighted by Gasteiger charge is 2.06. The SMILES string of the molecule is C=CCOc1cc(C)c(OCC=C(F)F)cc1C. The van der Waals surface area contributed by atoms with Crippen LogP contribution in [0.25, 0.3) is 0 Å². The van der Waals surface area contributed by atoms with Crippen molar-refractivity contribution in [2.75, 3.05) is 13.2 Å². The number of rotatable bonds is 6. The monoisotopic (exact) mass is 254 g/mol. The van der Waals surface area contributed by atoms with Gasteiger partial charge >= 0.3 is 0 Å². The zero-order valence-electron chi connectivity index (χ0n) is 10.5. The summed E-state index contributed by atoms with van der Waals surface area (Å²) in [5.41, 5.74) is 1.73. The Hall–Kier alpha value is -1.84. The summed E-state index contributed by atoms with van der Waals surface area (Å²) in [4.78, 5) is 0. The first kappa shape index (κ1) is 14.2. The summed E-state index contributed by atoms with van der Waals surface area (Å²) in [5, 5.41) is 0. The van der Waals surface area contributed by atoms with Crippen molar-refractivity contribution in [3.05, 3.63) is 48.1 Å². The molecule has 0 saturated carbocycles. The van der Waals surface area contributed by atoms with Crippen LogP contribution in [0.2, 0.25) is 0 Å². The number of aryl methyl sites for hydroxylation is 2. The van der Waals surface area contributed by atoms with Gasteiger partial charge in [0.25, 0.3) is 6.08 Å². The molecule has 1 aromatic carbocycles. The van der Waals surface area contributed by atoms with E-state index in [1.165, 1.54) is 0 Å². The standard InChI is InChI=1S/C14H16F2O2/c1-4-6-17-12-8-11(3)13(9-10(12)2)18-7-5-14(15)16/h4-5,8-9H,1,6-7H2,2-3H3. The average Bonchev–Trinajstić information content (AvgIpc) is 2.31. The van der Waals surface area contributed by atoms with Crippen LogP contribution in [0, 0.1) is 13.8 Å². The molecular weight excluding hydrogens is 238 g/mol. The molecule has 0 heterocycles. The fourth-order valence-corrected chi connectivity index (χ4v) is 1.42. The normalized spacial score (nSPS) is 9.78. The molecule has 0 aromatic heterocycles. The molecule has 0 atom stereocenters. The number of halogens is 2. The van der Waals surface area contributed by atoms with Crippen molar-refractivity contribution in [1.29, 1.82) is 0 Å². The van der Waals surface area contributed by atoms with E-state index in [4.69, 9.17) is 9.47 Å². The van der Waals surface area contributed by atoms with Crippen molar-refractivity contribution in [2.24, 2.45) is 0 Å². The molecule has 0 fully saturated rings. The lowest BCUT2D eigenvalue weighted by atomic mass is 10.1. The van der Waals surface area contributed by atoms with Gasteiger partial charge in [0.1, 0.15) is 24.7 Å². The molecule has 0 amide bonds. The molecular formula is C14H16F2O2. The van der Waals surface area contributed by atoms with Crippen molar-refractivity contribution in [2.45, 2.75) is 13.8 Å². The van der Waals surface area contributed by atoms with E-state index >= 15 is 0 Å². The van der Waals surface area contributed by atoms with Crippen LogP contribution in [0.1, 0.15) is 11.1 Å². The highest BCUT2D eigenvalue weighted by molar-refractivity contribution is 5.45. The molecule has 98 valence electrons. The summed E-state index contributed by atoms with van der Waals surface area (Å²) in [6.07, 6.45) is 0.653. The van der Waals surface area contributed by atoms with E-state index in [0.717, 1.165) is 23.0 Å². The van der Waals surface area contributed by atoms with Crippen molar-refractivity contribution in [3.8, 4) is 11.5 Å². The van der Waals surface area contributed by atoms with E-state index in [0.29, 0.717) is 12.4 Å². The lowest BCUT2D eigenvalue weighted by Crippen LogP contribution is -2.00. The van der Waals surface area contributed by atoms with Gasteiger partial charge < -0.3 is 9.47 Å². The van der Waals surface area contributed by atoms with Crippen molar-refractivity contribution in [1.82, 2.24) is 0 Å². The van der Waals surface area contributed by atoms with Gasteiger partial charge in [0.2, 0.25) is 0 Å². The van der Waals surface area contributed by atoms with Gasteiger partial charge in [-0.05, 0) is 37.1 Å². The van der Waals surface area contributed by atoms with Crippen LogP contribution in [-0.4, -0.2) is 13.2 Å². The zero-order valence-corrected chi connectivity index (χ0v) is 10.5. The van der Waals surface area contributed by atoms with E-state index in [-0.39, 0.29) is 6.61 Å². The number of ether oxygens (including phenoxy) is 2. The molecule has 0 N–H and O–H groups in total. The fraction of sp³-hybridized carbons (Fsp3) is 0.286. The van der Waals surface area contributed by atoms with Gasteiger partial charge in [-0.15, -0.1) is 0 Å². The minimum atomic E-state index is -1.74. The molecule has 1 aromatic rings. The van der Waals surface area contributed by atoms with Gasteiger partial charge in [-0.2, -0.15) is 8.78 Å². The average molecular weight is 254 g/mol. The zero-order chi connectivity index (χ0) is 13.5. The minimum Gasteiger partial charge on any atom is -0.489 e. The van der Waals surface area contributed by atoms with Gasteiger partial charge in [-0.3, -0.25) is 0 Å². The van der Waals surface area contributed by atoms with Gasteiger partial charge in [0.05, 0.1) is 0 Å². The first-order chi connectivity index (χ1) is 8.54. The highest BCUT2D eigenvalue weighted by atomic mass is 19.3. The first-order valence-corrected chi connectivity index (χ1v) is 5.53. The number of benzene rings is 1. The largest absolute Gasteiger partial charge is 0.489 e. The summed E-state index contributed by atoms with van der Waals surface area (Å²) >= 11 is 0. The lowest BCUT2D eigenvalue weighted by Gasteiger charge is -2.12. The van der Waals surface area contributed by atoms with Crippen LogP contribution in [-0.2, 0) is 0 Å². The molecule has 4 heteroatoms. The summed E-state index contributed by atoms with van der Waals surface area (Å²) in [6, 6.07) is 3.60. The molecule has 2 nitrogen and oxygen atoms in total. The van der Waals surface area contributed by atoms with Gasteiger partial charge in [0, 0.05) is 6.08 Å². The van der Waals surface area contributed by atoms with Gasteiger partial charge in [-0.1, -0.05) is 12.7 Å². The molecule has 1 rings (SSSR count). The maximum atomic E-state index is 11.9. The van der Waals surface area contributed by atoms with Crippen LogP contribution in [0.3, 0.4) is 0 Å². The molecule has 18 heavy (non-hydrogen) atoms. The highest BCUT2D eigenvalue weighted by Crippen LogP contribution is 2.28. The number of hydrogen-bond acceptors (Lipinski definition) is 2. The van der Waals surface area contributed by atoms with E-state index in [1.807, 2.05) is 19.9 Å². The predicted octanol–water partition coefficient (Wildman–Crippen LogP) is 4.03. The Kier molecular flexibility index (Phi) is 5.36. The third-order valence-electron chi connectivity index (χ3n) is 2.31. The predicted molar refractivity (Wildman–Crippen MR) is 67.4 cm³/mol. The topological polar surface area (TPSA) is 18.5 Å². The Bertz CT molecular complexity index is 449. The Labute approximate surface area is 106 Å². The molecule has 0 aliphatic rings. The van der Waals surface area contributed by atoms with Crippen molar-refractivity contribution < 1.29 is 18.3 Å². The second-order valence-electron chi connectivity index (χ2n) is 3.79. The maximum Gasteiger partial charge on any atom is 0.269 e. The van der Waals surface area contributed by atoms with Crippen LogP contribution in [0.5, 0.6) is 11.5 Å². The molecule has 0 bridgehead atoms. The first-order valence-electron chi connectivity index (χ1n) is 5.53. The van der Waals surface area contributed by atoms with E-state index in [2.05, 4.69) is 6.58 Å². The van der Waals surface area contributed by atoms with Gasteiger partial charge in [0.15, 0.2) is 0 Å². The van der Waals surface area contributed by atoms with Crippen molar-refractivity contribution in [3.63, 3.8) is 0 Å². The fourth-order valence-electron chi connectivity index (χ4n) is 1.42. The smallest absolute Gasteiger partial charge is 0.269 e. The molecule has 0 spiro atoms. The minimum absolute atomic E-state index is 0.143. The van der Waals surface area contributed by atoms with Crippen LogP contribution >= 0.6 is 0 Å². The summed E-state index contributed by atoms with van der Waals surface area (Å²) in [7, 11) is 0. The molecule has 0 aliphatic carbocycles. The lowest BCUT2D eigenvalue weighted by molar-refractivity contribution is 0.337. The van der Waals surface area contributed by atoms with Crippen LogP contribution in [0.15, 0.2) is 36.9 Å². The molecule has 0 aliphatic heterocycles. The Balaban J connectivity index is 2.79. The second-order valence-corrected chi connectivity index (χ2v) is 3.79. The third-order valence-corrected chi connectivity index (χ3v) is 2.31. The molecule has 0 radical (unpaired) electrons. The number of hydrogen-bond donors (Lipinski definition) is 0. The second kappa shape index (κ2) is 6.79. The van der Waals surface area contributed by atoms with Crippen LogP contribution < -0.4 is 9.47 Å². The summed E-state index contributed by atoms with van der Waals surface area (Å²) < 4.78 is 34.5. The molecule has 0 unspecified atom stereocenters. The van der Waals surface area contributed by atoms with Gasteiger partial charge in [-0.25, -0.2) is 0 Å². The Morgan fingerprint density at radius 2 is 1.61 bits per heavy atom. The Morgan fingerprint density at radius 1 is 1.11 bits per heavy atom. The van der Waals surface area contributed by atoms with E-state index in [9.17, 15) is 8.78 Å². The van der Waals surface area contributed by atoms with E-state index < -0.39 is 6.08 Å². The van der Waals surface area contributed by atoms with Crippen LogP contribution in [0.4, 0.5) is 8.78 Å². The van der Waals surface area contributed by atoms with Crippen molar-refractivity contribution >= 4 is 0 Å².